The minimum absolute atomic E-state index is 0.285. The largest absolute Gasteiger partial charge is 0.465 e. The number of rotatable bonds is 5. The van der Waals surface area contributed by atoms with Crippen molar-refractivity contribution in [2.75, 3.05) is 81.3 Å². The maximum absolute atomic E-state index is 11.5. The van der Waals surface area contributed by atoms with E-state index in [1.54, 1.807) is 12.1 Å². The van der Waals surface area contributed by atoms with Crippen molar-refractivity contribution in [3.05, 3.63) is 94.8 Å². The molecular formula is C32H37N5O4. The number of hydrogen-bond donors (Lipinski definition) is 1. The molecule has 2 heterocycles. The van der Waals surface area contributed by atoms with Crippen LogP contribution in [0.1, 0.15) is 26.3 Å². The molecule has 0 aromatic heterocycles. The number of methoxy groups -OCH3 is 2. The first-order valence-electron chi connectivity index (χ1n) is 13.7. The Morgan fingerprint density at radius 1 is 0.683 bits per heavy atom. The predicted octanol–water partition coefficient (Wildman–Crippen LogP) is 4.54. The van der Waals surface area contributed by atoms with Gasteiger partial charge in [0.2, 0.25) is 0 Å². The molecule has 0 atom stereocenters. The number of aryl methyl sites for hydroxylation is 1. The third-order valence-electron chi connectivity index (χ3n) is 7.38. The van der Waals surface area contributed by atoms with Crippen LogP contribution in [0.25, 0.3) is 4.85 Å². The lowest BCUT2D eigenvalue weighted by Crippen LogP contribution is -2.46. The topological polar surface area (TPSA) is 78.7 Å². The zero-order valence-electron chi connectivity index (χ0n) is 23.9. The van der Waals surface area contributed by atoms with Gasteiger partial charge in [0, 0.05) is 69.4 Å². The molecule has 214 valence electrons. The summed E-state index contributed by atoms with van der Waals surface area (Å²) in [5, 5.41) is 3.31. The van der Waals surface area contributed by atoms with Crippen molar-refractivity contribution in [2.24, 2.45) is 0 Å². The van der Waals surface area contributed by atoms with E-state index >= 15 is 0 Å². The molecule has 9 heteroatoms. The number of nitrogens with zero attached hydrogens (tertiary/aromatic N) is 4. The average Bonchev–Trinajstić information content (AvgIpc) is 3.05. The lowest BCUT2D eigenvalue weighted by molar-refractivity contribution is 0.0592. The molecule has 0 unspecified atom stereocenters. The van der Waals surface area contributed by atoms with Crippen LogP contribution in [-0.2, 0) is 9.47 Å². The van der Waals surface area contributed by atoms with Gasteiger partial charge < -0.3 is 29.5 Å². The van der Waals surface area contributed by atoms with Gasteiger partial charge in [-0.15, -0.1) is 0 Å². The van der Waals surface area contributed by atoms with Gasteiger partial charge in [0.05, 0.1) is 31.9 Å². The van der Waals surface area contributed by atoms with Gasteiger partial charge in [0.25, 0.3) is 0 Å². The lowest BCUT2D eigenvalue weighted by Gasteiger charge is -2.37. The Labute approximate surface area is 242 Å². The number of hydrogen-bond acceptors (Lipinski definition) is 8. The fourth-order valence-corrected chi connectivity index (χ4v) is 4.91. The van der Waals surface area contributed by atoms with Crippen molar-refractivity contribution in [1.29, 1.82) is 0 Å². The van der Waals surface area contributed by atoms with Gasteiger partial charge >= 0.3 is 11.9 Å². The van der Waals surface area contributed by atoms with Gasteiger partial charge in [-0.05, 0) is 73.2 Å². The summed E-state index contributed by atoms with van der Waals surface area (Å²) < 4.78 is 9.39. The maximum atomic E-state index is 11.5. The Bertz CT molecular complexity index is 1350. The minimum Gasteiger partial charge on any atom is -0.465 e. The number of nitrogens with one attached hydrogen (secondary N) is 1. The van der Waals surface area contributed by atoms with E-state index in [1.165, 1.54) is 14.2 Å². The molecule has 0 bridgehead atoms. The fraction of sp³-hybridized carbons (Fsp3) is 0.344. The van der Waals surface area contributed by atoms with E-state index < -0.39 is 0 Å². The molecule has 1 N–H and O–H groups in total. The Kier molecular flexibility index (Phi) is 10.2. The van der Waals surface area contributed by atoms with E-state index in [1.807, 2.05) is 55.5 Å². The quantitative estimate of drug-likeness (QED) is 0.363. The van der Waals surface area contributed by atoms with Crippen LogP contribution < -0.4 is 20.0 Å². The first-order valence-corrected chi connectivity index (χ1v) is 13.7. The van der Waals surface area contributed by atoms with Crippen molar-refractivity contribution >= 4 is 34.7 Å². The smallest absolute Gasteiger partial charge is 0.337 e. The number of anilines is 3. The van der Waals surface area contributed by atoms with E-state index in [2.05, 4.69) is 35.7 Å². The zero-order chi connectivity index (χ0) is 29.2. The van der Waals surface area contributed by atoms with Gasteiger partial charge in [-0.25, -0.2) is 14.4 Å². The Morgan fingerprint density at radius 3 is 1.54 bits per heavy atom. The molecular weight excluding hydrogens is 518 g/mol. The van der Waals surface area contributed by atoms with Crippen LogP contribution in [0.4, 0.5) is 22.7 Å². The maximum Gasteiger partial charge on any atom is 0.337 e. The molecule has 2 saturated heterocycles. The summed E-state index contributed by atoms with van der Waals surface area (Å²) in [4.78, 5) is 33.3. The normalized spacial score (nSPS) is 14.8. The highest BCUT2D eigenvalue weighted by atomic mass is 16.5. The van der Waals surface area contributed by atoms with E-state index in [-0.39, 0.29) is 11.9 Å². The number of piperazine rings is 2. The summed E-state index contributed by atoms with van der Waals surface area (Å²) in [5.41, 5.74) is 6.28. The molecule has 0 saturated carbocycles. The van der Waals surface area contributed by atoms with Gasteiger partial charge in [-0.3, -0.25) is 0 Å². The molecule has 0 radical (unpaired) electrons. The lowest BCUT2D eigenvalue weighted by atomic mass is 10.1. The fourth-order valence-electron chi connectivity index (χ4n) is 4.91. The molecule has 3 aromatic carbocycles. The van der Waals surface area contributed by atoms with E-state index in [9.17, 15) is 9.59 Å². The molecule has 2 aliphatic heterocycles. The monoisotopic (exact) mass is 555 g/mol. The van der Waals surface area contributed by atoms with Crippen LogP contribution in [-0.4, -0.2) is 78.5 Å². The van der Waals surface area contributed by atoms with Crippen molar-refractivity contribution in [3.8, 4) is 0 Å². The number of carbonyl (C=O) groups is 2. The van der Waals surface area contributed by atoms with Crippen LogP contribution in [0.5, 0.6) is 0 Å². The molecule has 5 rings (SSSR count). The summed E-state index contributed by atoms with van der Waals surface area (Å²) in [7, 11) is 2.78. The van der Waals surface area contributed by atoms with Crippen molar-refractivity contribution < 1.29 is 19.1 Å². The van der Waals surface area contributed by atoms with Crippen LogP contribution >= 0.6 is 0 Å². The third kappa shape index (κ3) is 7.56. The highest BCUT2D eigenvalue weighted by molar-refractivity contribution is 5.90. The molecule has 0 spiro atoms. The molecule has 3 aromatic rings. The van der Waals surface area contributed by atoms with Gasteiger partial charge in [-0.1, -0.05) is 6.07 Å². The van der Waals surface area contributed by atoms with Crippen LogP contribution in [0, 0.1) is 13.5 Å². The highest BCUT2D eigenvalue weighted by Gasteiger charge is 2.18. The number of carbonyl (C=O) groups excluding carboxylic acids is 2. The van der Waals surface area contributed by atoms with E-state index in [0.717, 1.165) is 80.7 Å². The van der Waals surface area contributed by atoms with Crippen molar-refractivity contribution in [1.82, 2.24) is 5.32 Å². The van der Waals surface area contributed by atoms with Crippen LogP contribution in [0.3, 0.4) is 0 Å². The summed E-state index contributed by atoms with van der Waals surface area (Å²) >= 11 is 0. The molecule has 2 fully saturated rings. The predicted molar refractivity (Wildman–Crippen MR) is 163 cm³/mol. The first kappa shape index (κ1) is 29.4. The van der Waals surface area contributed by atoms with Gasteiger partial charge in [0.15, 0.2) is 5.69 Å². The minimum atomic E-state index is -0.314. The summed E-state index contributed by atoms with van der Waals surface area (Å²) in [6.07, 6.45) is 0. The molecule has 9 nitrogen and oxygen atoms in total. The second-order valence-corrected chi connectivity index (χ2v) is 9.87. The van der Waals surface area contributed by atoms with Gasteiger partial charge in [-0.2, -0.15) is 0 Å². The summed E-state index contributed by atoms with van der Waals surface area (Å²) in [6.45, 7) is 16.9. The number of esters is 2. The second kappa shape index (κ2) is 14.2. The highest BCUT2D eigenvalue weighted by Crippen LogP contribution is 2.27. The SMILES string of the molecule is COC(=O)c1ccc(N2CCNCC2)cc1.[C-]#[N+]c1cc(N2CCN(c3ccc(C(=O)OC)cc3)CC2)ccc1C. The summed E-state index contributed by atoms with van der Waals surface area (Å²) in [6, 6.07) is 21.2. The standard InChI is InChI=1S/C20H21N3O2.C12H16N2O2/c1-15-4-7-18(14-19(15)21-2)23-12-10-22(11-13-23)17-8-5-16(6-9-17)20(24)25-3;1-16-12(15)10-2-4-11(5-3-10)14-8-6-13-7-9-14/h4-9,14H,10-13H2,1,3H3;2-5,13H,6-9H2,1H3. The zero-order valence-corrected chi connectivity index (χ0v) is 23.9. The molecule has 41 heavy (non-hydrogen) atoms. The average molecular weight is 556 g/mol. The summed E-state index contributed by atoms with van der Waals surface area (Å²) in [5.74, 6) is -0.599. The third-order valence-corrected chi connectivity index (χ3v) is 7.38. The van der Waals surface area contributed by atoms with E-state index in [4.69, 9.17) is 11.3 Å². The Balaban J connectivity index is 0.000000208. The van der Waals surface area contributed by atoms with E-state index in [0.29, 0.717) is 11.1 Å². The first-order chi connectivity index (χ1) is 19.9. The van der Waals surface area contributed by atoms with Gasteiger partial charge in [0.1, 0.15) is 0 Å². The Hall–Kier alpha value is -4.55. The second-order valence-electron chi connectivity index (χ2n) is 9.87. The van der Waals surface area contributed by atoms with Crippen molar-refractivity contribution in [3.63, 3.8) is 0 Å². The molecule has 0 amide bonds. The molecule has 2 aliphatic rings. The Morgan fingerprint density at radius 2 is 1.10 bits per heavy atom. The number of benzene rings is 3. The van der Waals surface area contributed by atoms with Crippen LogP contribution in [0.15, 0.2) is 66.7 Å². The van der Waals surface area contributed by atoms with Crippen molar-refractivity contribution in [2.45, 2.75) is 6.92 Å². The molecule has 0 aliphatic carbocycles. The van der Waals surface area contributed by atoms with Crippen LogP contribution in [0.2, 0.25) is 0 Å². The number of ether oxygens (including phenoxy) is 2.